The van der Waals surface area contributed by atoms with Crippen LogP contribution < -0.4 is 16.1 Å². The van der Waals surface area contributed by atoms with Gasteiger partial charge in [0.2, 0.25) is 10.0 Å². The summed E-state index contributed by atoms with van der Waals surface area (Å²) in [7, 11) is -3.37. The van der Waals surface area contributed by atoms with E-state index in [0.29, 0.717) is 0 Å². The van der Waals surface area contributed by atoms with Gasteiger partial charge in [-0.25, -0.2) is 13.8 Å². The van der Waals surface area contributed by atoms with Gasteiger partial charge in [-0.1, -0.05) is 30.3 Å². The molecule has 0 radical (unpaired) electrons. The van der Waals surface area contributed by atoms with Crippen molar-refractivity contribution >= 4 is 15.7 Å². The molecule has 4 N–H and O–H groups in total. The van der Waals surface area contributed by atoms with Gasteiger partial charge in [0.1, 0.15) is 0 Å². The summed E-state index contributed by atoms with van der Waals surface area (Å²) in [6.45, 7) is 0. The fourth-order valence-electron chi connectivity index (χ4n) is 2.23. The van der Waals surface area contributed by atoms with Crippen molar-refractivity contribution in [3.8, 4) is 0 Å². The monoisotopic (exact) mass is 296 g/mol. The minimum atomic E-state index is -3.37. The third-order valence-electron chi connectivity index (χ3n) is 3.36. The van der Waals surface area contributed by atoms with Crippen LogP contribution in [0.25, 0.3) is 0 Å². The topological polar surface area (TPSA) is 96.6 Å². The molecular formula is C13H20N4O2S. The molecule has 0 saturated heterocycles. The quantitative estimate of drug-likeness (QED) is 0.555. The smallest absolute Gasteiger partial charge is 0.228 e. The molecule has 0 spiro atoms. The number of nitrogens with zero attached hydrogens (tertiary/aromatic N) is 1. The van der Waals surface area contributed by atoms with E-state index in [1.165, 1.54) is 0 Å². The van der Waals surface area contributed by atoms with Gasteiger partial charge < -0.3 is 5.84 Å². The van der Waals surface area contributed by atoms with Crippen molar-refractivity contribution in [2.24, 2.45) is 10.9 Å². The molecule has 1 aromatic rings. The lowest BCUT2D eigenvalue weighted by Crippen LogP contribution is -2.46. The third-order valence-corrected chi connectivity index (χ3v) is 4.51. The molecule has 1 aromatic carbocycles. The molecule has 0 aliphatic heterocycles. The van der Waals surface area contributed by atoms with Gasteiger partial charge in [0.15, 0.2) is 0 Å². The van der Waals surface area contributed by atoms with Crippen LogP contribution in [-0.2, 0) is 15.8 Å². The normalized spacial score (nSPS) is 19.8. The SMILES string of the molecule is NN=C1CCC(NNS(=O)(=O)Cc2ccccc2)CC1. The summed E-state index contributed by atoms with van der Waals surface area (Å²) in [6, 6.07) is 9.24. The standard InChI is InChI=1S/C13H20N4O2S/c14-15-12-6-8-13(9-7-12)16-17-20(18,19)10-11-4-2-1-3-5-11/h1-5,13,16-17H,6-10,14H2. The second-order valence-electron chi connectivity index (χ2n) is 4.96. The number of hydrazone groups is 1. The highest BCUT2D eigenvalue weighted by atomic mass is 32.2. The van der Waals surface area contributed by atoms with E-state index in [2.05, 4.69) is 15.4 Å². The predicted molar refractivity (Wildman–Crippen MR) is 79.2 cm³/mol. The van der Waals surface area contributed by atoms with Crippen molar-refractivity contribution in [1.29, 1.82) is 0 Å². The summed E-state index contributed by atoms with van der Waals surface area (Å²) < 4.78 is 23.9. The zero-order valence-electron chi connectivity index (χ0n) is 11.2. The minimum absolute atomic E-state index is 0.0247. The number of hydrogen-bond acceptors (Lipinski definition) is 5. The zero-order valence-corrected chi connectivity index (χ0v) is 12.1. The molecule has 2 rings (SSSR count). The van der Waals surface area contributed by atoms with E-state index in [1.54, 1.807) is 12.1 Å². The molecule has 7 heteroatoms. The largest absolute Gasteiger partial charge is 0.323 e. The van der Waals surface area contributed by atoms with E-state index in [9.17, 15) is 8.42 Å². The lowest BCUT2D eigenvalue weighted by atomic mass is 9.94. The van der Waals surface area contributed by atoms with E-state index in [-0.39, 0.29) is 11.8 Å². The summed E-state index contributed by atoms with van der Waals surface area (Å²) in [6.07, 6.45) is 3.30. The number of nitrogens with two attached hydrogens (primary N) is 1. The van der Waals surface area contributed by atoms with Gasteiger partial charge in [0.05, 0.1) is 5.75 Å². The Hall–Kier alpha value is -1.44. The Balaban J connectivity index is 1.81. The Kier molecular flexibility index (Phi) is 5.11. The Morgan fingerprint density at radius 3 is 2.45 bits per heavy atom. The molecule has 1 aliphatic carbocycles. The van der Waals surface area contributed by atoms with Gasteiger partial charge in [0, 0.05) is 11.8 Å². The fraction of sp³-hybridized carbons (Fsp3) is 0.462. The van der Waals surface area contributed by atoms with Gasteiger partial charge in [-0.2, -0.15) is 9.93 Å². The molecule has 6 nitrogen and oxygen atoms in total. The second kappa shape index (κ2) is 6.83. The van der Waals surface area contributed by atoms with E-state index >= 15 is 0 Å². The maximum absolute atomic E-state index is 11.9. The Morgan fingerprint density at radius 2 is 1.85 bits per heavy atom. The summed E-state index contributed by atoms with van der Waals surface area (Å²) in [4.78, 5) is 2.46. The molecule has 0 unspecified atom stereocenters. The van der Waals surface area contributed by atoms with Gasteiger partial charge >= 0.3 is 0 Å². The van der Waals surface area contributed by atoms with E-state index in [0.717, 1.165) is 37.0 Å². The van der Waals surface area contributed by atoms with Crippen LogP contribution in [0.1, 0.15) is 31.2 Å². The van der Waals surface area contributed by atoms with E-state index < -0.39 is 10.0 Å². The first-order valence-electron chi connectivity index (χ1n) is 6.63. The first-order valence-corrected chi connectivity index (χ1v) is 8.29. The number of hydrazine groups is 1. The summed E-state index contributed by atoms with van der Waals surface area (Å²) in [5.41, 5.74) is 4.66. The molecule has 0 heterocycles. The van der Waals surface area contributed by atoms with Gasteiger partial charge in [0.25, 0.3) is 0 Å². The molecule has 20 heavy (non-hydrogen) atoms. The Morgan fingerprint density at radius 1 is 1.20 bits per heavy atom. The van der Waals surface area contributed by atoms with Crippen LogP contribution in [0.5, 0.6) is 0 Å². The third kappa shape index (κ3) is 4.59. The highest BCUT2D eigenvalue weighted by Gasteiger charge is 2.19. The minimum Gasteiger partial charge on any atom is -0.323 e. The molecule has 1 aliphatic rings. The maximum Gasteiger partial charge on any atom is 0.228 e. The first-order chi connectivity index (χ1) is 9.59. The van der Waals surface area contributed by atoms with Crippen LogP contribution >= 0.6 is 0 Å². The summed E-state index contributed by atoms with van der Waals surface area (Å²) >= 11 is 0. The molecule has 1 saturated carbocycles. The fourth-order valence-corrected chi connectivity index (χ4v) is 3.28. The molecule has 110 valence electrons. The van der Waals surface area contributed by atoms with Crippen LogP contribution in [0.4, 0.5) is 0 Å². The van der Waals surface area contributed by atoms with Gasteiger partial charge in [-0.15, -0.1) is 0 Å². The van der Waals surface area contributed by atoms with Crippen LogP contribution in [-0.4, -0.2) is 20.2 Å². The van der Waals surface area contributed by atoms with E-state index in [1.807, 2.05) is 18.2 Å². The van der Waals surface area contributed by atoms with Crippen LogP contribution in [0, 0.1) is 0 Å². The molecular weight excluding hydrogens is 276 g/mol. The maximum atomic E-state index is 11.9. The zero-order chi connectivity index (χ0) is 14.4. The molecule has 0 aromatic heterocycles. The molecule has 0 atom stereocenters. The van der Waals surface area contributed by atoms with Crippen molar-refractivity contribution in [1.82, 2.24) is 10.3 Å². The van der Waals surface area contributed by atoms with Crippen LogP contribution in [0.15, 0.2) is 35.4 Å². The van der Waals surface area contributed by atoms with Crippen LogP contribution in [0.2, 0.25) is 0 Å². The van der Waals surface area contributed by atoms with Crippen molar-refractivity contribution < 1.29 is 8.42 Å². The molecule has 1 fully saturated rings. The van der Waals surface area contributed by atoms with Gasteiger partial charge in [-0.3, -0.25) is 0 Å². The lowest BCUT2D eigenvalue weighted by Gasteiger charge is -2.23. The number of hydrogen-bond donors (Lipinski definition) is 3. The Labute approximate surface area is 119 Å². The second-order valence-corrected chi connectivity index (χ2v) is 6.68. The number of rotatable bonds is 5. The molecule has 0 amide bonds. The van der Waals surface area contributed by atoms with Crippen molar-refractivity contribution in [2.45, 2.75) is 37.5 Å². The van der Waals surface area contributed by atoms with Crippen molar-refractivity contribution in [2.75, 3.05) is 0 Å². The average molecular weight is 296 g/mol. The number of sulfonamides is 1. The summed E-state index contributed by atoms with van der Waals surface area (Å²) in [5, 5.41) is 3.70. The van der Waals surface area contributed by atoms with Crippen LogP contribution in [0.3, 0.4) is 0 Å². The molecule has 0 bridgehead atoms. The highest BCUT2D eigenvalue weighted by molar-refractivity contribution is 7.88. The first kappa shape index (κ1) is 15.0. The highest BCUT2D eigenvalue weighted by Crippen LogP contribution is 2.15. The van der Waals surface area contributed by atoms with Crippen molar-refractivity contribution in [3.63, 3.8) is 0 Å². The summed E-state index contributed by atoms with van der Waals surface area (Å²) in [5.74, 6) is 5.21. The lowest BCUT2D eigenvalue weighted by molar-refractivity contribution is 0.424. The average Bonchev–Trinajstić information content (AvgIpc) is 2.46. The van der Waals surface area contributed by atoms with Gasteiger partial charge in [-0.05, 0) is 31.2 Å². The number of benzene rings is 1. The predicted octanol–water partition coefficient (Wildman–Crippen LogP) is 0.868. The number of nitrogens with one attached hydrogen (secondary N) is 2. The van der Waals surface area contributed by atoms with Crippen molar-refractivity contribution in [3.05, 3.63) is 35.9 Å². The Bertz CT molecular complexity index is 547. The van der Waals surface area contributed by atoms with E-state index in [4.69, 9.17) is 5.84 Å².